The highest BCUT2D eigenvalue weighted by atomic mass is 35.5. The molecule has 15 rings (SSSR count). The van der Waals surface area contributed by atoms with E-state index in [1.54, 1.807) is 48.7 Å². The Morgan fingerprint density at radius 1 is 0.573 bits per heavy atom. The number of hydrogen-bond acceptors (Lipinski definition) is 15. The minimum absolute atomic E-state index is 0.0420. The molecule has 25 nitrogen and oxygen atoms in total. The van der Waals surface area contributed by atoms with Crippen LogP contribution in [0.5, 0.6) is 51.7 Å². The van der Waals surface area contributed by atoms with Gasteiger partial charge in [0.05, 0.1) is 5.02 Å². The van der Waals surface area contributed by atoms with E-state index in [2.05, 4.69) is 47.5 Å². The summed E-state index contributed by atoms with van der Waals surface area (Å²) < 4.78 is 12.4. The Bertz CT molecular complexity index is 4550. The summed E-state index contributed by atoms with van der Waals surface area (Å²) in [6.07, 6.45) is 1.30. The summed E-state index contributed by atoms with van der Waals surface area (Å²) in [6.45, 7) is 0.178. The summed E-state index contributed by atoms with van der Waals surface area (Å²) in [4.78, 5) is 121. The van der Waals surface area contributed by atoms with Crippen LogP contribution in [0.15, 0.2) is 170 Å². The van der Waals surface area contributed by atoms with Crippen LogP contribution in [0.2, 0.25) is 5.02 Å². The minimum atomic E-state index is -2.01. The fourth-order valence-electron chi connectivity index (χ4n) is 11.7. The van der Waals surface area contributed by atoms with E-state index in [0.29, 0.717) is 39.6 Å². The van der Waals surface area contributed by atoms with Crippen LogP contribution >= 0.6 is 11.6 Å². The third kappa shape index (κ3) is 14.2. The molecule has 0 radical (unpaired) electrons. The van der Waals surface area contributed by atoms with Gasteiger partial charge >= 0.3 is 12.0 Å². The number of phenols is 5. The molecule has 9 aromatic rings. The van der Waals surface area contributed by atoms with Gasteiger partial charge in [-0.05, 0) is 135 Å². The zero-order valence-electron chi connectivity index (χ0n) is 50.4. The molecule has 0 saturated carbocycles. The molecule has 488 valence electrons. The molecule has 7 atom stereocenters. The van der Waals surface area contributed by atoms with Gasteiger partial charge in [0.25, 0.3) is 0 Å². The van der Waals surface area contributed by atoms with E-state index in [-0.39, 0.29) is 87.4 Å². The highest BCUT2D eigenvalue weighted by Crippen LogP contribution is 2.44. The van der Waals surface area contributed by atoms with Gasteiger partial charge in [-0.1, -0.05) is 90.5 Å². The Morgan fingerprint density at radius 3 is 1.95 bits per heavy atom. The van der Waals surface area contributed by atoms with Crippen molar-refractivity contribution >= 4 is 69.9 Å². The number of aliphatic carboxylic acids is 1. The highest BCUT2D eigenvalue weighted by molar-refractivity contribution is 6.32. The van der Waals surface area contributed by atoms with Crippen LogP contribution in [-0.2, 0) is 59.2 Å². The quantitative estimate of drug-likeness (QED) is 0.0657. The van der Waals surface area contributed by atoms with Crippen molar-refractivity contribution in [2.24, 2.45) is 0 Å². The van der Waals surface area contributed by atoms with E-state index in [9.17, 15) is 49.8 Å². The first-order valence-electron chi connectivity index (χ1n) is 30.2. The number of nitrogens with one attached hydrogen (secondary N) is 9. The van der Waals surface area contributed by atoms with Gasteiger partial charge in [0.15, 0.2) is 29.0 Å². The number of phenolic OH excluding ortho intramolecular Hbond substituents is 5. The number of aromatic amines is 1. The zero-order chi connectivity index (χ0) is 67.5. The number of hydrogen-bond donors (Lipinski definition) is 15. The van der Waals surface area contributed by atoms with Gasteiger partial charge in [0.2, 0.25) is 35.4 Å². The van der Waals surface area contributed by atoms with Gasteiger partial charge in [-0.25, -0.2) is 9.59 Å². The smallest absolute Gasteiger partial charge is 0.330 e. The largest absolute Gasteiger partial charge is 0.508 e. The maximum absolute atomic E-state index is 15.8. The molecule has 0 unspecified atom stereocenters. The molecule has 8 aromatic carbocycles. The lowest BCUT2D eigenvalue weighted by Gasteiger charge is -2.29. The lowest BCUT2D eigenvalue weighted by molar-refractivity contribution is -0.142. The Balaban J connectivity index is 0.975. The molecule has 7 heterocycles. The number of carboxylic acid groups (broad SMARTS) is 1. The predicted molar refractivity (Wildman–Crippen MR) is 346 cm³/mol. The third-order valence-electron chi connectivity index (χ3n) is 16.6. The van der Waals surface area contributed by atoms with Gasteiger partial charge < -0.3 is 87.6 Å². The molecule has 0 spiro atoms. The summed E-state index contributed by atoms with van der Waals surface area (Å²) in [7, 11) is 0. The molecule has 6 aliphatic heterocycles. The van der Waals surface area contributed by atoms with Crippen molar-refractivity contribution in [3.63, 3.8) is 0 Å². The van der Waals surface area contributed by atoms with Crippen molar-refractivity contribution in [1.29, 1.82) is 0 Å². The minimum Gasteiger partial charge on any atom is -0.508 e. The number of amides is 8. The first kappa shape index (κ1) is 63.9. The molecule has 96 heavy (non-hydrogen) atoms. The number of ether oxygens (including phenoxy) is 2. The molecule has 8 amide bonds. The van der Waals surface area contributed by atoms with Gasteiger partial charge in [-0.3, -0.25) is 28.8 Å². The van der Waals surface area contributed by atoms with Crippen molar-refractivity contribution < 1.29 is 78.5 Å². The molecule has 6 aliphatic rings. The lowest BCUT2D eigenvalue weighted by atomic mass is 9.94. The van der Waals surface area contributed by atoms with E-state index in [1.807, 2.05) is 30.3 Å². The second kappa shape index (κ2) is 27.1. The molecular formula is C70H60ClN9O16. The van der Waals surface area contributed by atoms with Crippen LogP contribution in [0.25, 0.3) is 22.0 Å². The fourth-order valence-corrected chi connectivity index (χ4v) is 11.9. The monoisotopic (exact) mass is 1320 g/mol. The maximum atomic E-state index is 15.8. The summed E-state index contributed by atoms with van der Waals surface area (Å²) in [5.74, 6) is -10.6. The number of aromatic hydroxyl groups is 5. The Labute approximate surface area is 550 Å². The number of fused-ring (bicyclic) bond motifs is 14. The van der Waals surface area contributed by atoms with E-state index < -0.39 is 113 Å². The van der Waals surface area contributed by atoms with Gasteiger partial charge in [0, 0.05) is 54.5 Å². The van der Waals surface area contributed by atoms with Crippen LogP contribution in [0.4, 0.5) is 4.79 Å². The lowest BCUT2D eigenvalue weighted by Crippen LogP contribution is -2.57. The highest BCUT2D eigenvalue weighted by Gasteiger charge is 2.39. The molecule has 1 aromatic heterocycles. The van der Waals surface area contributed by atoms with Crippen LogP contribution < -0.4 is 52.0 Å². The average Bonchev–Trinajstić information content (AvgIpc) is 1.33. The SMILES string of the molecule is O=C(NCCc1ccccc1)N[C@H](Cc1ccc(O)cc1)C(=O)N[C@@H]1Cc2c[nH]c3cc(ccc23)-c2cc3cc(c2O)Oc2ccc(cc2)C[C@@H]2NC(=O)[C@H](NC(=O)[C@@H]3NC(=O)[C@H](c3cc(O)cc(O)c3)NC1=O)c1ccc(c(Cl)c1)Oc1cc(ccc1O)[C@@H](C(=O)O)NC2=O. The molecule has 0 fully saturated rings. The van der Waals surface area contributed by atoms with Crippen LogP contribution in [-0.4, -0.2) is 108 Å². The number of carbonyl (C=O) groups excluding carboxylic acids is 7. The summed E-state index contributed by atoms with van der Waals surface area (Å²) >= 11 is 6.88. The van der Waals surface area contributed by atoms with Crippen molar-refractivity contribution in [2.45, 2.75) is 68.0 Å². The van der Waals surface area contributed by atoms with E-state index >= 15 is 19.2 Å². The van der Waals surface area contributed by atoms with Gasteiger partial charge in [-0.2, -0.15) is 0 Å². The fraction of sp³-hybridized carbons (Fsp3) is 0.171. The number of halogens is 1. The zero-order valence-corrected chi connectivity index (χ0v) is 51.1. The Kier molecular flexibility index (Phi) is 18.1. The van der Waals surface area contributed by atoms with Crippen molar-refractivity contribution in [2.75, 3.05) is 6.54 Å². The van der Waals surface area contributed by atoms with Gasteiger partial charge in [0.1, 0.15) is 65.0 Å². The third-order valence-corrected chi connectivity index (χ3v) is 16.9. The normalized spacial score (nSPS) is 18.9. The second-order valence-electron chi connectivity index (χ2n) is 23.2. The topological polar surface area (TPSA) is 388 Å². The Morgan fingerprint density at radius 2 is 1.24 bits per heavy atom. The van der Waals surface area contributed by atoms with Crippen LogP contribution in [0, 0.1) is 0 Å². The summed E-state index contributed by atoms with van der Waals surface area (Å²) in [5, 5.41) is 87.7. The number of carboxylic acids is 1. The average molecular weight is 1320 g/mol. The predicted octanol–water partition coefficient (Wildman–Crippen LogP) is 6.96. The summed E-state index contributed by atoms with van der Waals surface area (Å²) in [5.41, 5.74) is 2.64. The van der Waals surface area contributed by atoms with E-state index in [4.69, 9.17) is 21.1 Å². The van der Waals surface area contributed by atoms with Crippen molar-refractivity contribution in [3.05, 3.63) is 220 Å². The molecule has 26 heteroatoms. The molecular weight excluding hydrogens is 1260 g/mol. The maximum Gasteiger partial charge on any atom is 0.330 e. The number of rotatable bonds is 10. The van der Waals surface area contributed by atoms with Crippen LogP contribution in [0.3, 0.4) is 0 Å². The van der Waals surface area contributed by atoms with Crippen molar-refractivity contribution in [3.8, 4) is 62.9 Å². The second-order valence-corrected chi connectivity index (χ2v) is 23.6. The van der Waals surface area contributed by atoms with E-state index in [0.717, 1.165) is 29.8 Å². The van der Waals surface area contributed by atoms with Crippen LogP contribution in [0.1, 0.15) is 68.7 Å². The number of benzene rings is 8. The van der Waals surface area contributed by atoms with Gasteiger partial charge in [-0.15, -0.1) is 0 Å². The Hall–Kier alpha value is -12.3. The number of carbonyl (C=O) groups is 8. The number of aromatic nitrogens is 1. The van der Waals surface area contributed by atoms with Crippen molar-refractivity contribution in [1.82, 2.24) is 47.5 Å². The standard InChI is InChI=1S/C70H60ClN9O16/c71-49-27-38-12-19-55(49)96-56-30-39(11-18-54(56)84)61(69(92)93)80-64(87)51-22-36-8-15-46(16-9-36)95-57-31-41-26-48(62(57)85)37-10-17-47-42(33-73-50(47)28-37)29-53(74-63(86)52(23-35-6-13-43(81)14-7-35)76-70(94)72-21-20-34-4-2-1-3-5-34)65(88)77-59(40-24-44(82)32-45(83)25-40)67(90)79-60(41)68(91)78-58(38)66(89)75-51/h1-19,24-28,30-33,51-53,58-61,73,81-85H,20-23,29H2,(H,74,86)(H,75,89)(H,77,88)(H,78,91)(H,79,90)(H,80,87)(H,92,93)(H2,72,76,94)/t51-,52+,53+,58+,59-,60+,61-/m0/s1. The number of urea groups is 1. The first-order valence-corrected chi connectivity index (χ1v) is 30.5. The van der Waals surface area contributed by atoms with E-state index in [1.165, 1.54) is 66.7 Å². The molecule has 15 bridgehead atoms. The molecule has 15 N–H and O–H groups in total. The summed E-state index contributed by atoms with van der Waals surface area (Å²) in [6, 6.07) is 26.5. The number of H-pyrrole nitrogens is 1. The molecule has 0 saturated heterocycles. The molecule has 0 aliphatic carbocycles. The first-order chi connectivity index (χ1) is 46.2.